The zero-order valence-electron chi connectivity index (χ0n) is 14.2. The van der Waals surface area contributed by atoms with Crippen LogP contribution in [0.5, 0.6) is 0 Å². The molecule has 0 saturated heterocycles. The van der Waals surface area contributed by atoms with Crippen molar-refractivity contribution in [1.82, 2.24) is 24.2 Å². The lowest BCUT2D eigenvalue weighted by atomic mass is 10.2. The Morgan fingerprint density at radius 1 is 1.16 bits per heavy atom. The topological polar surface area (TPSA) is 38.9 Å². The third-order valence-corrected chi connectivity index (χ3v) is 4.78. The molecule has 1 aliphatic carbocycles. The van der Waals surface area contributed by atoms with Crippen molar-refractivity contribution in [1.29, 1.82) is 0 Å². The Bertz CT molecular complexity index is 897. The summed E-state index contributed by atoms with van der Waals surface area (Å²) in [6.45, 7) is 1.53. The van der Waals surface area contributed by atoms with E-state index in [0.29, 0.717) is 12.7 Å². The van der Waals surface area contributed by atoms with Gasteiger partial charge in [-0.3, -0.25) is 14.5 Å². The molecule has 2 heterocycles. The van der Waals surface area contributed by atoms with Crippen LogP contribution in [-0.4, -0.2) is 31.3 Å². The third-order valence-electron chi connectivity index (χ3n) is 4.37. The van der Waals surface area contributed by atoms with Crippen molar-refractivity contribution in [3.05, 3.63) is 65.2 Å². The first kappa shape index (κ1) is 16.2. The number of nitrogens with zero attached hydrogens (tertiary/aromatic N) is 5. The first-order valence-corrected chi connectivity index (χ1v) is 8.95. The summed E-state index contributed by atoms with van der Waals surface area (Å²) in [5, 5.41) is 4.82. The van der Waals surface area contributed by atoms with Crippen LogP contribution in [0.4, 0.5) is 0 Å². The van der Waals surface area contributed by atoms with Crippen molar-refractivity contribution in [3.8, 4) is 11.4 Å². The molecular weight excluding hydrogens is 330 g/mol. The lowest BCUT2D eigenvalue weighted by molar-refractivity contribution is 0.244. The molecule has 5 nitrogen and oxygen atoms in total. The van der Waals surface area contributed by atoms with Crippen molar-refractivity contribution in [3.63, 3.8) is 0 Å². The Balaban J connectivity index is 1.61. The fourth-order valence-electron chi connectivity index (χ4n) is 3.04. The summed E-state index contributed by atoms with van der Waals surface area (Å²) in [6, 6.07) is 14.9. The predicted octanol–water partition coefficient (Wildman–Crippen LogP) is 3.90. The monoisotopic (exact) mass is 351 g/mol. The van der Waals surface area contributed by atoms with E-state index in [-0.39, 0.29) is 0 Å². The maximum Gasteiger partial charge on any atom is 0.199 e. The van der Waals surface area contributed by atoms with Gasteiger partial charge in [-0.05, 0) is 49.8 Å². The minimum Gasteiger partial charge on any atom is -0.297 e. The van der Waals surface area contributed by atoms with Gasteiger partial charge in [-0.25, -0.2) is 4.68 Å². The van der Waals surface area contributed by atoms with E-state index in [1.165, 1.54) is 18.4 Å². The minimum absolute atomic E-state index is 0.482. The lowest BCUT2D eigenvalue weighted by Gasteiger charge is -2.16. The molecule has 0 atom stereocenters. The molecule has 0 spiro atoms. The number of pyridine rings is 1. The summed E-state index contributed by atoms with van der Waals surface area (Å²) in [5.41, 5.74) is 2.30. The van der Waals surface area contributed by atoms with E-state index in [0.717, 1.165) is 22.7 Å². The average molecular weight is 351 g/mol. The summed E-state index contributed by atoms with van der Waals surface area (Å²) in [5.74, 6) is 0.925. The van der Waals surface area contributed by atoms with Crippen molar-refractivity contribution in [2.45, 2.75) is 32.1 Å². The molecule has 1 aliphatic rings. The maximum atomic E-state index is 5.73. The van der Waals surface area contributed by atoms with E-state index in [4.69, 9.17) is 17.3 Å². The molecule has 4 rings (SSSR count). The third kappa shape index (κ3) is 3.55. The standard InChI is InChI=1S/C19H21N5S/c1-22(13-15-6-3-2-4-7-15)14-23-19(25)24(17-9-10-17)18(21-23)16-8-5-11-20-12-16/h2-8,11-12,17H,9-10,13-14H2,1H3. The van der Waals surface area contributed by atoms with Crippen LogP contribution < -0.4 is 0 Å². The highest BCUT2D eigenvalue weighted by Gasteiger charge is 2.29. The molecule has 0 amide bonds. The van der Waals surface area contributed by atoms with E-state index in [1.807, 2.05) is 29.1 Å². The summed E-state index contributed by atoms with van der Waals surface area (Å²) in [7, 11) is 2.09. The number of benzene rings is 1. The smallest absolute Gasteiger partial charge is 0.199 e. The van der Waals surface area contributed by atoms with E-state index < -0.39 is 0 Å². The SMILES string of the molecule is CN(Cc1ccccc1)Cn1nc(-c2cccnc2)n(C2CC2)c1=S. The van der Waals surface area contributed by atoms with E-state index in [9.17, 15) is 0 Å². The van der Waals surface area contributed by atoms with Gasteiger partial charge in [0.25, 0.3) is 0 Å². The largest absolute Gasteiger partial charge is 0.297 e. The van der Waals surface area contributed by atoms with Crippen LogP contribution in [0.25, 0.3) is 11.4 Å². The van der Waals surface area contributed by atoms with Crippen LogP contribution in [0.1, 0.15) is 24.4 Å². The Hall–Kier alpha value is -2.31. The fraction of sp³-hybridized carbons (Fsp3) is 0.316. The second-order valence-electron chi connectivity index (χ2n) is 6.59. The van der Waals surface area contributed by atoms with E-state index in [1.54, 1.807) is 6.20 Å². The van der Waals surface area contributed by atoms with Gasteiger partial charge in [0.2, 0.25) is 0 Å². The molecule has 0 N–H and O–H groups in total. The first-order chi connectivity index (χ1) is 12.2. The normalized spacial score (nSPS) is 14.2. The molecule has 1 fully saturated rings. The van der Waals surface area contributed by atoms with Crippen LogP contribution in [0.2, 0.25) is 0 Å². The van der Waals surface area contributed by atoms with Gasteiger partial charge in [-0.1, -0.05) is 30.3 Å². The molecular formula is C19H21N5S. The molecule has 0 unspecified atom stereocenters. The summed E-state index contributed by atoms with van der Waals surface area (Å²) >= 11 is 5.73. The van der Waals surface area contributed by atoms with Gasteiger partial charge in [0.1, 0.15) is 0 Å². The highest BCUT2D eigenvalue weighted by atomic mass is 32.1. The van der Waals surface area contributed by atoms with Gasteiger partial charge in [0, 0.05) is 30.5 Å². The Morgan fingerprint density at radius 3 is 2.64 bits per heavy atom. The van der Waals surface area contributed by atoms with E-state index >= 15 is 0 Å². The highest BCUT2D eigenvalue weighted by Crippen LogP contribution is 2.38. The number of hydrogen-bond acceptors (Lipinski definition) is 4. The zero-order chi connectivity index (χ0) is 17.2. The van der Waals surface area contributed by atoms with Gasteiger partial charge in [-0.2, -0.15) is 5.10 Å². The quantitative estimate of drug-likeness (QED) is 0.632. The van der Waals surface area contributed by atoms with Crippen LogP contribution >= 0.6 is 12.2 Å². The number of rotatable bonds is 6. The molecule has 128 valence electrons. The Kier molecular flexibility index (Phi) is 4.46. The molecule has 2 aromatic heterocycles. The predicted molar refractivity (Wildman–Crippen MR) is 100 cm³/mol. The maximum absolute atomic E-state index is 5.73. The Labute approximate surface area is 152 Å². The molecule has 6 heteroatoms. The molecule has 0 bridgehead atoms. The second-order valence-corrected chi connectivity index (χ2v) is 6.95. The van der Waals surface area contributed by atoms with Crippen LogP contribution in [-0.2, 0) is 13.2 Å². The van der Waals surface area contributed by atoms with Crippen LogP contribution in [0.3, 0.4) is 0 Å². The van der Waals surface area contributed by atoms with Crippen molar-refractivity contribution >= 4 is 12.2 Å². The van der Waals surface area contributed by atoms with Crippen molar-refractivity contribution in [2.24, 2.45) is 0 Å². The minimum atomic E-state index is 0.482. The Morgan fingerprint density at radius 2 is 1.96 bits per heavy atom. The van der Waals surface area contributed by atoms with Crippen molar-refractivity contribution < 1.29 is 0 Å². The molecule has 1 saturated carbocycles. The summed E-state index contributed by atoms with van der Waals surface area (Å²) in [6.07, 6.45) is 5.98. The number of hydrogen-bond donors (Lipinski definition) is 0. The molecule has 1 aromatic carbocycles. The molecule has 0 radical (unpaired) electrons. The van der Waals surface area contributed by atoms with Gasteiger partial charge in [0.05, 0.1) is 6.67 Å². The second kappa shape index (κ2) is 6.90. The van der Waals surface area contributed by atoms with Crippen LogP contribution in [0.15, 0.2) is 54.9 Å². The number of aromatic nitrogens is 4. The van der Waals surface area contributed by atoms with Gasteiger partial charge in [-0.15, -0.1) is 0 Å². The summed E-state index contributed by atoms with van der Waals surface area (Å²) < 4.78 is 4.92. The molecule has 0 aliphatic heterocycles. The van der Waals surface area contributed by atoms with Crippen LogP contribution in [0, 0.1) is 4.77 Å². The van der Waals surface area contributed by atoms with Crippen molar-refractivity contribution in [2.75, 3.05) is 7.05 Å². The molecule has 3 aromatic rings. The fourth-order valence-corrected chi connectivity index (χ4v) is 3.37. The summed E-state index contributed by atoms with van der Waals surface area (Å²) in [4.78, 5) is 6.46. The van der Waals surface area contributed by atoms with Gasteiger partial charge >= 0.3 is 0 Å². The van der Waals surface area contributed by atoms with Gasteiger partial charge < -0.3 is 0 Å². The average Bonchev–Trinajstić information content (AvgIpc) is 3.42. The zero-order valence-corrected chi connectivity index (χ0v) is 15.1. The van der Waals surface area contributed by atoms with Gasteiger partial charge in [0.15, 0.2) is 10.6 Å². The lowest BCUT2D eigenvalue weighted by Crippen LogP contribution is -2.22. The first-order valence-electron chi connectivity index (χ1n) is 8.54. The van der Waals surface area contributed by atoms with E-state index in [2.05, 4.69) is 45.8 Å². The highest BCUT2D eigenvalue weighted by molar-refractivity contribution is 7.71. The molecule has 25 heavy (non-hydrogen) atoms.